The number of piperidine rings is 1. The van der Waals surface area contributed by atoms with Crippen molar-refractivity contribution in [2.24, 2.45) is 0 Å². The summed E-state index contributed by atoms with van der Waals surface area (Å²) in [6.45, 7) is 2.83. The number of nitrogens with zero attached hydrogens (tertiary/aromatic N) is 2. The first kappa shape index (κ1) is 20.1. The van der Waals surface area contributed by atoms with Gasteiger partial charge in [0.2, 0.25) is 5.88 Å². The Labute approximate surface area is 177 Å². The number of para-hydroxylation sites is 1. The lowest BCUT2D eigenvalue weighted by Crippen LogP contribution is -2.38. The maximum Gasteiger partial charge on any atom is 0.219 e. The third-order valence-electron chi connectivity index (χ3n) is 5.29. The maximum atomic E-state index is 10.5. The smallest absolute Gasteiger partial charge is 0.219 e. The number of hydrogen-bond donors (Lipinski definition) is 0. The highest BCUT2D eigenvalue weighted by atomic mass is 16.5. The van der Waals surface area contributed by atoms with E-state index in [9.17, 15) is 4.79 Å². The lowest BCUT2D eigenvalue weighted by Gasteiger charge is -2.31. The van der Waals surface area contributed by atoms with E-state index in [1.807, 2.05) is 60.8 Å². The van der Waals surface area contributed by atoms with E-state index >= 15 is 0 Å². The number of benzene rings is 2. The van der Waals surface area contributed by atoms with Gasteiger partial charge in [0.15, 0.2) is 0 Å². The summed E-state index contributed by atoms with van der Waals surface area (Å²) in [5, 5.41) is 0. The number of likely N-dealkylation sites (tertiary alicyclic amines) is 1. The van der Waals surface area contributed by atoms with E-state index < -0.39 is 0 Å². The molecule has 2 heterocycles. The monoisotopic (exact) mass is 402 g/mol. The van der Waals surface area contributed by atoms with Gasteiger partial charge in [0.05, 0.1) is 0 Å². The fraction of sp³-hybridized carbons (Fsp3) is 0.280. The Balaban J connectivity index is 1.31. The average molecular weight is 402 g/mol. The Bertz CT molecular complexity index is 919. The molecule has 1 aromatic heterocycles. The van der Waals surface area contributed by atoms with Gasteiger partial charge in [0.25, 0.3) is 0 Å². The molecule has 4 rings (SSSR count). The SMILES string of the molecule is O=CCCN1CCC(Oc2ccc(-c3ccc(Oc4ccccc4)nc3)cc2)CC1. The molecule has 1 aliphatic rings. The normalized spacial score (nSPS) is 14.9. The van der Waals surface area contributed by atoms with Crippen molar-refractivity contribution in [3.8, 4) is 28.5 Å². The van der Waals surface area contributed by atoms with Crippen LogP contribution in [-0.2, 0) is 4.79 Å². The fourth-order valence-corrected chi connectivity index (χ4v) is 3.63. The predicted octanol–water partition coefficient (Wildman–Crippen LogP) is 4.97. The molecule has 1 fully saturated rings. The highest BCUT2D eigenvalue weighted by molar-refractivity contribution is 5.63. The van der Waals surface area contributed by atoms with E-state index in [2.05, 4.69) is 22.0 Å². The standard InChI is InChI=1S/C25H26N2O3/c28-18-4-15-27-16-13-24(14-17-27)29-23-10-7-20(8-11-23)21-9-12-25(26-19-21)30-22-5-2-1-3-6-22/h1-3,5-12,18-19,24H,4,13-17H2. The maximum absolute atomic E-state index is 10.5. The fourth-order valence-electron chi connectivity index (χ4n) is 3.63. The van der Waals surface area contributed by atoms with Crippen molar-refractivity contribution in [2.45, 2.75) is 25.4 Å². The molecule has 30 heavy (non-hydrogen) atoms. The zero-order valence-electron chi connectivity index (χ0n) is 16.9. The summed E-state index contributed by atoms with van der Waals surface area (Å²) in [6, 6.07) is 21.7. The summed E-state index contributed by atoms with van der Waals surface area (Å²) >= 11 is 0. The molecular formula is C25H26N2O3. The third-order valence-corrected chi connectivity index (χ3v) is 5.29. The van der Waals surface area contributed by atoms with E-state index in [0.717, 1.165) is 61.4 Å². The topological polar surface area (TPSA) is 51.7 Å². The van der Waals surface area contributed by atoms with Crippen LogP contribution in [0.4, 0.5) is 0 Å². The molecule has 154 valence electrons. The molecule has 5 heteroatoms. The number of carbonyl (C=O) groups excluding carboxylic acids is 1. The molecule has 0 saturated carbocycles. The zero-order valence-corrected chi connectivity index (χ0v) is 16.9. The van der Waals surface area contributed by atoms with Gasteiger partial charge in [-0.3, -0.25) is 0 Å². The Hall–Kier alpha value is -3.18. The van der Waals surface area contributed by atoms with Gasteiger partial charge in [-0.15, -0.1) is 0 Å². The van der Waals surface area contributed by atoms with Crippen LogP contribution in [0.2, 0.25) is 0 Å². The van der Waals surface area contributed by atoms with Crippen LogP contribution < -0.4 is 9.47 Å². The lowest BCUT2D eigenvalue weighted by molar-refractivity contribution is -0.108. The number of ether oxygens (including phenoxy) is 2. The molecule has 5 nitrogen and oxygen atoms in total. The number of carbonyl (C=O) groups is 1. The molecule has 1 saturated heterocycles. The highest BCUT2D eigenvalue weighted by Crippen LogP contribution is 2.26. The molecule has 0 radical (unpaired) electrons. The van der Waals surface area contributed by atoms with Gasteiger partial charge in [-0.2, -0.15) is 0 Å². The van der Waals surface area contributed by atoms with Crippen LogP contribution in [0.1, 0.15) is 19.3 Å². The van der Waals surface area contributed by atoms with Crippen LogP contribution in [0.25, 0.3) is 11.1 Å². The second-order valence-corrected chi connectivity index (χ2v) is 7.44. The van der Waals surface area contributed by atoms with E-state index in [0.29, 0.717) is 12.3 Å². The van der Waals surface area contributed by atoms with Gasteiger partial charge in [-0.05, 0) is 48.7 Å². The van der Waals surface area contributed by atoms with Crippen molar-refractivity contribution < 1.29 is 14.3 Å². The van der Waals surface area contributed by atoms with Crippen molar-refractivity contribution in [1.29, 1.82) is 0 Å². The number of aldehydes is 1. The zero-order chi connectivity index (χ0) is 20.6. The molecule has 0 bridgehead atoms. The Morgan fingerprint density at radius 3 is 2.30 bits per heavy atom. The van der Waals surface area contributed by atoms with Crippen LogP contribution in [0.15, 0.2) is 72.9 Å². The van der Waals surface area contributed by atoms with Gasteiger partial charge in [-0.1, -0.05) is 30.3 Å². The quantitative estimate of drug-likeness (QED) is 0.498. The molecule has 0 aliphatic carbocycles. The van der Waals surface area contributed by atoms with E-state index in [-0.39, 0.29) is 6.10 Å². The summed E-state index contributed by atoms with van der Waals surface area (Å²) in [5.74, 6) is 2.24. The van der Waals surface area contributed by atoms with E-state index in [4.69, 9.17) is 9.47 Å². The largest absolute Gasteiger partial charge is 0.490 e. The second kappa shape index (κ2) is 10.0. The molecule has 0 spiro atoms. The molecule has 3 aromatic rings. The minimum Gasteiger partial charge on any atom is -0.490 e. The minimum absolute atomic E-state index is 0.236. The van der Waals surface area contributed by atoms with Crippen LogP contribution in [0, 0.1) is 0 Å². The summed E-state index contributed by atoms with van der Waals surface area (Å²) in [7, 11) is 0. The second-order valence-electron chi connectivity index (χ2n) is 7.44. The number of hydrogen-bond acceptors (Lipinski definition) is 5. The summed E-state index contributed by atoms with van der Waals surface area (Å²) in [5.41, 5.74) is 2.12. The molecule has 2 aromatic carbocycles. The van der Waals surface area contributed by atoms with Crippen LogP contribution in [-0.4, -0.2) is 41.9 Å². The van der Waals surface area contributed by atoms with Crippen LogP contribution in [0.5, 0.6) is 17.4 Å². The van der Waals surface area contributed by atoms with Gasteiger partial charge in [0.1, 0.15) is 23.9 Å². The molecule has 0 amide bonds. The van der Waals surface area contributed by atoms with E-state index in [1.54, 1.807) is 0 Å². The Morgan fingerprint density at radius 1 is 0.900 bits per heavy atom. The minimum atomic E-state index is 0.236. The van der Waals surface area contributed by atoms with Crippen LogP contribution >= 0.6 is 0 Å². The number of pyridine rings is 1. The molecular weight excluding hydrogens is 376 g/mol. The first-order chi connectivity index (χ1) is 14.8. The van der Waals surface area contributed by atoms with Crippen molar-refractivity contribution in [1.82, 2.24) is 9.88 Å². The van der Waals surface area contributed by atoms with Gasteiger partial charge >= 0.3 is 0 Å². The Morgan fingerprint density at radius 2 is 1.63 bits per heavy atom. The van der Waals surface area contributed by atoms with Gasteiger partial charge in [-0.25, -0.2) is 4.98 Å². The van der Waals surface area contributed by atoms with Crippen molar-refractivity contribution in [2.75, 3.05) is 19.6 Å². The Kier molecular flexibility index (Phi) is 6.72. The number of aromatic nitrogens is 1. The number of rotatable bonds is 8. The van der Waals surface area contributed by atoms with Crippen molar-refractivity contribution >= 4 is 6.29 Å². The summed E-state index contributed by atoms with van der Waals surface area (Å²) in [6.07, 6.45) is 5.65. The van der Waals surface area contributed by atoms with Crippen molar-refractivity contribution in [3.05, 3.63) is 72.9 Å². The predicted molar refractivity (Wildman–Crippen MR) is 117 cm³/mol. The first-order valence-electron chi connectivity index (χ1n) is 10.4. The summed E-state index contributed by atoms with van der Waals surface area (Å²) < 4.78 is 11.9. The highest BCUT2D eigenvalue weighted by Gasteiger charge is 2.20. The average Bonchev–Trinajstić information content (AvgIpc) is 2.80. The van der Waals surface area contributed by atoms with Crippen LogP contribution in [0.3, 0.4) is 0 Å². The molecule has 0 unspecified atom stereocenters. The summed E-state index contributed by atoms with van der Waals surface area (Å²) in [4.78, 5) is 17.3. The molecule has 0 atom stereocenters. The van der Waals surface area contributed by atoms with E-state index in [1.165, 1.54) is 0 Å². The molecule has 1 aliphatic heterocycles. The third kappa shape index (κ3) is 5.45. The van der Waals surface area contributed by atoms with Gasteiger partial charge < -0.3 is 19.2 Å². The van der Waals surface area contributed by atoms with Gasteiger partial charge in [0, 0.05) is 43.9 Å². The van der Waals surface area contributed by atoms with Crippen molar-refractivity contribution in [3.63, 3.8) is 0 Å². The lowest BCUT2D eigenvalue weighted by atomic mass is 10.1. The first-order valence-corrected chi connectivity index (χ1v) is 10.4. The molecule has 0 N–H and O–H groups in total.